The molecule has 2 aromatic heterocycles. The number of tetrazole rings is 1. The van der Waals surface area contributed by atoms with E-state index in [1.54, 1.807) is 16.9 Å². The maximum atomic E-state index is 9.03. The van der Waals surface area contributed by atoms with E-state index in [1.807, 2.05) is 0 Å². The molecular weight excluding hydrogens is 220 g/mol. The van der Waals surface area contributed by atoms with Gasteiger partial charge in [-0.05, 0) is 22.8 Å². The number of rotatable bonds is 5. The minimum absolute atomic E-state index is 0.148. The van der Waals surface area contributed by atoms with E-state index in [2.05, 4.69) is 39.7 Å². The van der Waals surface area contributed by atoms with Crippen LogP contribution in [0.2, 0.25) is 0 Å². The summed E-state index contributed by atoms with van der Waals surface area (Å²) in [5.41, 5.74) is 0.599. The predicted octanol–water partition coefficient (Wildman–Crippen LogP) is 0.338. The number of hydrogen-bond acceptors (Lipinski definition) is 6. The smallest absolute Gasteiger partial charge is 0.199 e. The van der Waals surface area contributed by atoms with Crippen LogP contribution in [0.15, 0.2) is 12.4 Å². The molecule has 2 aromatic rings. The minimum Gasteiger partial charge on any atom is -0.396 e. The fourth-order valence-electron chi connectivity index (χ4n) is 1.67. The first-order chi connectivity index (χ1) is 8.22. The quantitative estimate of drug-likeness (QED) is 0.778. The zero-order chi connectivity index (χ0) is 12.3. The molecule has 0 radical (unpaired) electrons. The highest BCUT2D eigenvalue weighted by Gasteiger charge is 2.14. The molecule has 7 heteroatoms. The van der Waals surface area contributed by atoms with E-state index < -0.39 is 0 Å². The van der Waals surface area contributed by atoms with Crippen molar-refractivity contribution in [1.29, 1.82) is 0 Å². The van der Waals surface area contributed by atoms with Crippen LogP contribution in [0.25, 0.3) is 5.65 Å². The zero-order valence-corrected chi connectivity index (χ0v) is 9.91. The largest absolute Gasteiger partial charge is 0.396 e. The van der Waals surface area contributed by atoms with Gasteiger partial charge in [0.15, 0.2) is 11.5 Å². The molecule has 0 saturated heterocycles. The second-order valence-electron chi connectivity index (χ2n) is 4.25. The second-order valence-corrected chi connectivity index (χ2v) is 4.25. The van der Waals surface area contributed by atoms with Gasteiger partial charge in [-0.2, -0.15) is 4.52 Å². The topological polar surface area (TPSA) is 88.2 Å². The molecule has 0 aromatic carbocycles. The van der Waals surface area contributed by atoms with Crippen molar-refractivity contribution in [3.8, 4) is 0 Å². The lowest BCUT2D eigenvalue weighted by Crippen LogP contribution is -2.28. The van der Waals surface area contributed by atoms with Gasteiger partial charge in [-0.3, -0.25) is 4.98 Å². The Morgan fingerprint density at radius 3 is 2.94 bits per heavy atom. The highest BCUT2D eigenvalue weighted by molar-refractivity contribution is 5.44. The Labute approximate surface area is 98.9 Å². The highest BCUT2D eigenvalue weighted by atomic mass is 16.3. The van der Waals surface area contributed by atoms with Crippen LogP contribution >= 0.6 is 0 Å². The van der Waals surface area contributed by atoms with Crippen molar-refractivity contribution < 1.29 is 5.11 Å². The third-order valence-electron chi connectivity index (χ3n) is 2.69. The van der Waals surface area contributed by atoms with E-state index in [9.17, 15) is 0 Å². The summed E-state index contributed by atoms with van der Waals surface area (Å²) in [5.74, 6) is 1.13. The second kappa shape index (κ2) is 5.05. The lowest BCUT2D eigenvalue weighted by molar-refractivity contribution is 0.267. The van der Waals surface area contributed by atoms with Crippen molar-refractivity contribution in [2.24, 2.45) is 5.92 Å². The first-order valence-corrected chi connectivity index (χ1v) is 5.62. The fourth-order valence-corrected chi connectivity index (χ4v) is 1.67. The maximum absolute atomic E-state index is 9.03. The highest BCUT2D eigenvalue weighted by Crippen LogP contribution is 2.14. The van der Waals surface area contributed by atoms with Gasteiger partial charge in [0.25, 0.3) is 0 Å². The van der Waals surface area contributed by atoms with Gasteiger partial charge in [0.2, 0.25) is 0 Å². The Balaban J connectivity index is 2.24. The van der Waals surface area contributed by atoms with Crippen LogP contribution in [-0.2, 0) is 0 Å². The van der Waals surface area contributed by atoms with Gasteiger partial charge < -0.3 is 10.4 Å². The lowest BCUT2D eigenvalue weighted by atomic mass is 10.0. The molecule has 1 atom stereocenters. The average Bonchev–Trinajstić information content (AvgIpc) is 2.77. The first kappa shape index (κ1) is 11.7. The van der Waals surface area contributed by atoms with Gasteiger partial charge in [-0.25, -0.2) is 0 Å². The Morgan fingerprint density at radius 1 is 1.41 bits per heavy atom. The van der Waals surface area contributed by atoms with Crippen LogP contribution in [0.3, 0.4) is 0 Å². The Kier molecular flexibility index (Phi) is 3.48. The average molecular weight is 236 g/mol. The lowest BCUT2D eigenvalue weighted by Gasteiger charge is -2.22. The molecule has 0 fully saturated rings. The molecule has 0 spiro atoms. The van der Waals surface area contributed by atoms with Gasteiger partial charge in [-0.15, -0.1) is 5.10 Å². The molecule has 0 aliphatic heterocycles. The summed E-state index contributed by atoms with van der Waals surface area (Å²) >= 11 is 0. The Bertz CT molecular complexity index is 482. The molecule has 0 aliphatic rings. The molecule has 17 heavy (non-hydrogen) atoms. The van der Waals surface area contributed by atoms with Crippen LogP contribution in [0.5, 0.6) is 0 Å². The normalized spacial score (nSPS) is 13.2. The summed E-state index contributed by atoms with van der Waals surface area (Å²) in [6.07, 6.45) is 3.95. The molecule has 7 nitrogen and oxygen atoms in total. The van der Waals surface area contributed by atoms with E-state index in [4.69, 9.17) is 5.11 Å². The van der Waals surface area contributed by atoms with E-state index in [0.717, 1.165) is 5.82 Å². The summed E-state index contributed by atoms with van der Waals surface area (Å²) in [5, 5.41) is 23.6. The minimum atomic E-state index is 0.148. The van der Waals surface area contributed by atoms with Gasteiger partial charge in [0.05, 0.1) is 12.4 Å². The standard InChI is InChI=1S/C10H16N6O/c1-7(2)8(3-4-17)12-9-5-11-6-10-13-14-15-16(9)10/h5-8,12,17H,3-4H2,1-2H3. The van der Waals surface area contributed by atoms with Crippen molar-refractivity contribution in [3.05, 3.63) is 12.4 Å². The van der Waals surface area contributed by atoms with E-state index in [-0.39, 0.29) is 12.6 Å². The first-order valence-electron chi connectivity index (χ1n) is 5.62. The number of anilines is 1. The van der Waals surface area contributed by atoms with Gasteiger partial charge in [0, 0.05) is 12.6 Å². The van der Waals surface area contributed by atoms with Crippen molar-refractivity contribution in [2.75, 3.05) is 11.9 Å². The van der Waals surface area contributed by atoms with Crippen LogP contribution in [0, 0.1) is 5.92 Å². The van der Waals surface area contributed by atoms with Crippen molar-refractivity contribution in [2.45, 2.75) is 26.3 Å². The van der Waals surface area contributed by atoms with Crippen LogP contribution in [0.1, 0.15) is 20.3 Å². The van der Waals surface area contributed by atoms with E-state index in [1.165, 1.54) is 0 Å². The van der Waals surface area contributed by atoms with Crippen molar-refractivity contribution in [3.63, 3.8) is 0 Å². The van der Waals surface area contributed by atoms with Crippen LogP contribution in [0.4, 0.5) is 5.82 Å². The van der Waals surface area contributed by atoms with Gasteiger partial charge >= 0.3 is 0 Å². The van der Waals surface area contributed by atoms with E-state index in [0.29, 0.717) is 18.0 Å². The third kappa shape index (κ3) is 2.50. The predicted molar refractivity (Wildman–Crippen MR) is 62.5 cm³/mol. The van der Waals surface area contributed by atoms with Crippen LogP contribution in [-0.4, -0.2) is 42.8 Å². The number of hydrogen-bond donors (Lipinski definition) is 2. The summed E-state index contributed by atoms with van der Waals surface area (Å²) < 4.78 is 1.60. The molecule has 92 valence electrons. The number of aliphatic hydroxyl groups excluding tert-OH is 1. The Morgan fingerprint density at radius 2 is 2.24 bits per heavy atom. The molecular formula is C10H16N6O. The van der Waals surface area contributed by atoms with Crippen molar-refractivity contribution in [1.82, 2.24) is 25.0 Å². The van der Waals surface area contributed by atoms with Crippen molar-refractivity contribution >= 4 is 11.5 Å². The van der Waals surface area contributed by atoms with Gasteiger partial charge in [0.1, 0.15) is 0 Å². The molecule has 2 rings (SSSR count). The molecule has 0 bridgehead atoms. The molecule has 0 aliphatic carbocycles. The monoisotopic (exact) mass is 236 g/mol. The Hall–Kier alpha value is -1.76. The molecule has 0 saturated carbocycles. The maximum Gasteiger partial charge on any atom is 0.199 e. The molecule has 2 N–H and O–H groups in total. The summed E-state index contributed by atoms with van der Waals surface area (Å²) in [6.45, 7) is 4.34. The SMILES string of the molecule is CC(C)C(CCO)Nc1cncc2nnnn12. The number of nitrogens with one attached hydrogen (secondary N) is 1. The molecule has 0 amide bonds. The zero-order valence-electron chi connectivity index (χ0n) is 9.91. The van der Waals surface area contributed by atoms with Gasteiger partial charge in [-0.1, -0.05) is 13.8 Å². The summed E-state index contributed by atoms with van der Waals surface area (Å²) in [4.78, 5) is 4.07. The fraction of sp³-hybridized carbons (Fsp3) is 0.600. The van der Waals surface area contributed by atoms with Crippen LogP contribution < -0.4 is 5.32 Å². The third-order valence-corrected chi connectivity index (χ3v) is 2.69. The summed E-state index contributed by atoms with van der Waals surface area (Å²) in [6, 6.07) is 0.164. The summed E-state index contributed by atoms with van der Waals surface area (Å²) in [7, 11) is 0. The molecule has 1 unspecified atom stereocenters. The number of aliphatic hydroxyl groups is 1. The number of aromatic nitrogens is 5. The number of fused-ring (bicyclic) bond motifs is 1. The van der Waals surface area contributed by atoms with E-state index >= 15 is 0 Å². The number of nitrogens with zero attached hydrogens (tertiary/aromatic N) is 5. The molecule has 2 heterocycles.